The van der Waals surface area contributed by atoms with Crippen molar-refractivity contribution in [2.75, 3.05) is 18.4 Å². The summed E-state index contributed by atoms with van der Waals surface area (Å²) in [6, 6.07) is 5.37. The van der Waals surface area contributed by atoms with E-state index in [4.69, 9.17) is 0 Å². The Labute approximate surface area is 123 Å². The zero-order chi connectivity index (χ0) is 14.4. The van der Waals surface area contributed by atoms with E-state index in [1.165, 1.54) is 9.87 Å². The third-order valence-electron chi connectivity index (χ3n) is 4.14. The molecule has 110 valence electrons. The highest BCUT2D eigenvalue weighted by molar-refractivity contribution is 7.89. The zero-order valence-corrected chi connectivity index (χ0v) is 12.3. The summed E-state index contributed by atoms with van der Waals surface area (Å²) in [7, 11) is -3.46. The number of nitrogens with one attached hydrogen (secondary N) is 1. The molecule has 1 aromatic carbocycles. The molecule has 4 rings (SSSR count). The first kappa shape index (κ1) is 12.8. The van der Waals surface area contributed by atoms with Crippen molar-refractivity contribution in [3.8, 4) is 0 Å². The molecule has 0 bridgehead atoms. The Morgan fingerprint density at radius 2 is 2.14 bits per heavy atom. The Kier molecular flexibility index (Phi) is 2.80. The third kappa shape index (κ3) is 2.04. The van der Waals surface area contributed by atoms with Crippen molar-refractivity contribution >= 4 is 15.7 Å². The minimum atomic E-state index is -3.46. The Hall–Kier alpha value is -1.86. The molecule has 2 aliphatic rings. The molecule has 21 heavy (non-hydrogen) atoms. The fourth-order valence-electron chi connectivity index (χ4n) is 2.94. The maximum atomic E-state index is 12.8. The number of rotatable bonds is 2. The molecule has 7 heteroatoms. The quantitative estimate of drug-likeness (QED) is 0.901. The SMILES string of the molecule is O=S(=O)(c1ccc2c(c1)NCC2)N1CCn2ccnc2C1. The van der Waals surface area contributed by atoms with Gasteiger partial charge in [0.2, 0.25) is 10.0 Å². The topological polar surface area (TPSA) is 67.2 Å². The Morgan fingerprint density at radius 3 is 3.05 bits per heavy atom. The summed E-state index contributed by atoms with van der Waals surface area (Å²) in [5, 5.41) is 3.23. The van der Waals surface area contributed by atoms with Crippen LogP contribution in [0.4, 0.5) is 5.69 Å². The van der Waals surface area contributed by atoms with Crippen molar-refractivity contribution in [2.45, 2.75) is 24.4 Å². The summed E-state index contributed by atoms with van der Waals surface area (Å²) in [4.78, 5) is 4.57. The first-order chi connectivity index (χ1) is 10.1. The number of fused-ring (bicyclic) bond motifs is 2. The van der Waals surface area contributed by atoms with Gasteiger partial charge in [-0.15, -0.1) is 0 Å². The largest absolute Gasteiger partial charge is 0.384 e. The van der Waals surface area contributed by atoms with Crippen molar-refractivity contribution in [3.05, 3.63) is 42.0 Å². The second-order valence-electron chi connectivity index (χ2n) is 5.37. The molecule has 0 amide bonds. The highest BCUT2D eigenvalue weighted by Crippen LogP contribution is 2.28. The summed E-state index contributed by atoms with van der Waals surface area (Å²) in [5.74, 6) is 0.795. The second kappa shape index (κ2) is 4.57. The van der Waals surface area contributed by atoms with Crippen LogP contribution in [0.15, 0.2) is 35.5 Å². The molecule has 0 saturated heterocycles. The summed E-state index contributed by atoms with van der Waals surface area (Å²) in [6.07, 6.45) is 4.56. The average molecular weight is 304 g/mol. The number of nitrogens with zero attached hydrogens (tertiary/aromatic N) is 3. The molecular weight excluding hydrogens is 288 g/mol. The van der Waals surface area contributed by atoms with E-state index in [2.05, 4.69) is 10.3 Å². The maximum absolute atomic E-state index is 12.8. The smallest absolute Gasteiger partial charge is 0.243 e. The van der Waals surface area contributed by atoms with E-state index in [1.54, 1.807) is 18.3 Å². The standard InChI is InChI=1S/C14H16N4O2S/c19-21(20,12-2-1-11-3-4-15-13(11)9-12)18-8-7-17-6-5-16-14(17)10-18/h1-2,5-6,9,15H,3-4,7-8,10H2. The van der Waals surface area contributed by atoms with Crippen LogP contribution in [-0.4, -0.2) is 35.4 Å². The summed E-state index contributed by atoms with van der Waals surface area (Å²) in [5.41, 5.74) is 2.12. The van der Waals surface area contributed by atoms with E-state index in [-0.39, 0.29) is 0 Å². The first-order valence-electron chi connectivity index (χ1n) is 7.01. The fraction of sp³-hybridized carbons (Fsp3) is 0.357. The zero-order valence-electron chi connectivity index (χ0n) is 11.5. The molecule has 6 nitrogen and oxygen atoms in total. The second-order valence-corrected chi connectivity index (χ2v) is 7.31. The predicted molar refractivity (Wildman–Crippen MR) is 78.5 cm³/mol. The van der Waals surface area contributed by atoms with Gasteiger partial charge in [0.05, 0.1) is 11.4 Å². The van der Waals surface area contributed by atoms with E-state index >= 15 is 0 Å². The molecule has 2 aromatic rings. The van der Waals surface area contributed by atoms with Crippen LogP contribution in [0.5, 0.6) is 0 Å². The van der Waals surface area contributed by atoms with Crippen molar-refractivity contribution in [3.63, 3.8) is 0 Å². The van der Waals surface area contributed by atoms with Crippen LogP contribution in [-0.2, 0) is 29.5 Å². The van der Waals surface area contributed by atoms with Gasteiger partial charge < -0.3 is 9.88 Å². The van der Waals surface area contributed by atoms with E-state index in [0.717, 1.165) is 24.5 Å². The summed E-state index contributed by atoms with van der Waals surface area (Å²) in [6.45, 7) is 2.34. The number of imidazole rings is 1. The minimum Gasteiger partial charge on any atom is -0.384 e. The van der Waals surface area contributed by atoms with E-state index in [0.29, 0.717) is 24.5 Å². The van der Waals surface area contributed by atoms with Crippen LogP contribution in [0.25, 0.3) is 0 Å². The van der Waals surface area contributed by atoms with Gasteiger partial charge in [-0.3, -0.25) is 0 Å². The lowest BCUT2D eigenvalue weighted by Crippen LogP contribution is -2.38. The number of hydrogen-bond acceptors (Lipinski definition) is 4. The Balaban J connectivity index is 1.68. The molecule has 3 heterocycles. The van der Waals surface area contributed by atoms with Gasteiger partial charge in [-0.1, -0.05) is 6.07 Å². The van der Waals surface area contributed by atoms with Crippen LogP contribution in [0.3, 0.4) is 0 Å². The minimum absolute atomic E-state index is 0.333. The van der Waals surface area contributed by atoms with Crippen LogP contribution >= 0.6 is 0 Å². The average Bonchev–Trinajstić information content (AvgIpc) is 3.14. The molecule has 1 aromatic heterocycles. The normalized spacial score (nSPS) is 18.1. The van der Waals surface area contributed by atoms with Crippen molar-refractivity contribution in [1.29, 1.82) is 0 Å². The fourth-order valence-corrected chi connectivity index (χ4v) is 4.35. The summed E-state index contributed by atoms with van der Waals surface area (Å²) < 4.78 is 29.1. The number of anilines is 1. The molecule has 0 aliphatic carbocycles. The molecular formula is C14H16N4O2S. The van der Waals surface area contributed by atoms with Gasteiger partial charge in [-0.25, -0.2) is 13.4 Å². The third-order valence-corrected chi connectivity index (χ3v) is 5.98. The van der Waals surface area contributed by atoms with Crippen molar-refractivity contribution in [1.82, 2.24) is 13.9 Å². The predicted octanol–water partition coefficient (Wildman–Crippen LogP) is 1.06. The van der Waals surface area contributed by atoms with Gasteiger partial charge in [0.1, 0.15) is 5.82 Å². The molecule has 0 atom stereocenters. The maximum Gasteiger partial charge on any atom is 0.243 e. The first-order valence-corrected chi connectivity index (χ1v) is 8.45. The van der Waals surface area contributed by atoms with Crippen LogP contribution in [0, 0.1) is 0 Å². The van der Waals surface area contributed by atoms with Crippen molar-refractivity contribution < 1.29 is 8.42 Å². The molecule has 2 aliphatic heterocycles. The molecule has 0 unspecified atom stereocenters. The highest BCUT2D eigenvalue weighted by atomic mass is 32.2. The lowest BCUT2D eigenvalue weighted by Gasteiger charge is -2.27. The Morgan fingerprint density at radius 1 is 1.24 bits per heavy atom. The van der Waals surface area contributed by atoms with Gasteiger partial charge in [0.25, 0.3) is 0 Å². The van der Waals surface area contributed by atoms with Gasteiger partial charge >= 0.3 is 0 Å². The molecule has 0 radical (unpaired) electrons. The summed E-state index contributed by atoms with van der Waals surface area (Å²) >= 11 is 0. The number of benzene rings is 1. The van der Waals surface area contributed by atoms with Crippen LogP contribution < -0.4 is 5.32 Å². The van der Waals surface area contributed by atoms with Gasteiger partial charge in [-0.2, -0.15) is 4.31 Å². The lowest BCUT2D eigenvalue weighted by molar-refractivity contribution is 0.335. The number of aromatic nitrogens is 2. The van der Waals surface area contributed by atoms with Gasteiger partial charge in [0.15, 0.2) is 0 Å². The number of hydrogen-bond donors (Lipinski definition) is 1. The van der Waals surface area contributed by atoms with Crippen molar-refractivity contribution in [2.24, 2.45) is 0 Å². The van der Waals surface area contributed by atoms with Crippen LogP contribution in [0.1, 0.15) is 11.4 Å². The number of sulfonamides is 1. The molecule has 0 fully saturated rings. The Bertz CT molecular complexity index is 797. The highest BCUT2D eigenvalue weighted by Gasteiger charge is 2.29. The van der Waals surface area contributed by atoms with Gasteiger partial charge in [-0.05, 0) is 24.1 Å². The van der Waals surface area contributed by atoms with E-state index in [1.807, 2.05) is 16.8 Å². The molecule has 0 spiro atoms. The van der Waals surface area contributed by atoms with E-state index in [9.17, 15) is 8.42 Å². The molecule has 0 saturated carbocycles. The van der Waals surface area contributed by atoms with E-state index < -0.39 is 10.0 Å². The lowest BCUT2D eigenvalue weighted by atomic mass is 10.2. The van der Waals surface area contributed by atoms with Crippen LogP contribution in [0.2, 0.25) is 0 Å². The molecule has 1 N–H and O–H groups in total. The van der Waals surface area contributed by atoms with Gasteiger partial charge in [0, 0.05) is 37.7 Å². The monoisotopic (exact) mass is 304 g/mol.